The molecule has 2 unspecified atom stereocenters. The Bertz CT molecular complexity index is 648. The molecule has 7 nitrogen and oxygen atoms in total. The summed E-state index contributed by atoms with van der Waals surface area (Å²) in [4.78, 5) is 11.2. The monoisotopic (exact) mass is 330 g/mol. The largest absolute Gasteiger partial charge is 0.479 e. The third-order valence-electron chi connectivity index (χ3n) is 3.15. The van der Waals surface area contributed by atoms with Crippen LogP contribution < -0.4 is 0 Å². The molecule has 0 aromatic heterocycles. The SMILES string of the molecule is Cc1ccc(S(=O)(=O)OC(C(=O)O)C2COC(C)(C)O2)cc1. The first kappa shape index (κ1) is 16.9. The molecule has 0 radical (unpaired) electrons. The third kappa shape index (κ3) is 3.83. The molecular formula is C14H18O7S. The van der Waals surface area contributed by atoms with Crippen LogP contribution in [0.3, 0.4) is 0 Å². The van der Waals surface area contributed by atoms with E-state index in [9.17, 15) is 18.3 Å². The fourth-order valence-electron chi connectivity index (χ4n) is 2.02. The van der Waals surface area contributed by atoms with Crippen molar-refractivity contribution in [2.45, 2.75) is 43.7 Å². The molecule has 8 heteroatoms. The maximum atomic E-state index is 12.2. The van der Waals surface area contributed by atoms with Crippen LogP contribution in [-0.2, 0) is 28.6 Å². The third-order valence-corrected chi connectivity index (χ3v) is 4.46. The molecule has 1 heterocycles. The fourth-order valence-corrected chi connectivity index (χ4v) is 3.08. The second-order valence-electron chi connectivity index (χ2n) is 5.49. The highest BCUT2D eigenvalue weighted by Crippen LogP contribution is 2.27. The van der Waals surface area contributed by atoms with Crippen molar-refractivity contribution in [3.8, 4) is 0 Å². The van der Waals surface area contributed by atoms with E-state index in [1.165, 1.54) is 12.1 Å². The Hall–Kier alpha value is -1.48. The maximum absolute atomic E-state index is 12.2. The Kier molecular flexibility index (Phi) is 4.57. The molecular weight excluding hydrogens is 312 g/mol. The smallest absolute Gasteiger partial charge is 0.337 e. The summed E-state index contributed by atoms with van der Waals surface area (Å²) in [5.41, 5.74) is 0.878. The van der Waals surface area contributed by atoms with Crippen LogP contribution in [0, 0.1) is 6.92 Å². The highest BCUT2D eigenvalue weighted by molar-refractivity contribution is 7.86. The number of carboxylic acids is 1. The summed E-state index contributed by atoms with van der Waals surface area (Å²) in [6, 6.07) is 5.92. The molecule has 1 aromatic rings. The summed E-state index contributed by atoms with van der Waals surface area (Å²) in [6.07, 6.45) is -2.68. The maximum Gasteiger partial charge on any atom is 0.337 e. The van der Waals surface area contributed by atoms with Crippen molar-refractivity contribution in [3.05, 3.63) is 29.8 Å². The van der Waals surface area contributed by atoms with E-state index >= 15 is 0 Å². The van der Waals surface area contributed by atoms with E-state index < -0.39 is 34.1 Å². The Morgan fingerprint density at radius 2 is 1.95 bits per heavy atom. The van der Waals surface area contributed by atoms with Gasteiger partial charge < -0.3 is 14.6 Å². The van der Waals surface area contributed by atoms with E-state index in [2.05, 4.69) is 0 Å². The summed E-state index contributed by atoms with van der Waals surface area (Å²) in [5, 5.41) is 9.23. The molecule has 122 valence electrons. The van der Waals surface area contributed by atoms with Crippen LogP contribution in [0.2, 0.25) is 0 Å². The van der Waals surface area contributed by atoms with Crippen LogP contribution in [0.25, 0.3) is 0 Å². The lowest BCUT2D eigenvalue weighted by Gasteiger charge is -2.21. The molecule has 1 N–H and O–H groups in total. The van der Waals surface area contributed by atoms with Crippen LogP contribution in [0.4, 0.5) is 0 Å². The van der Waals surface area contributed by atoms with Gasteiger partial charge in [0, 0.05) is 0 Å². The van der Waals surface area contributed by atoms with Gasteiger partial charge in [0.05, 0.1) is 11.5 Å². The number of hydrogen-bond acceptors (Lipinski definition) is 6. The molecule has 0 bridgehead atoms. The number of rotatable bonds is 5. The van der Waals surface area contributed by atoms with Crippen LogP contribution >= 0.6 is 0 Å². The zero-order valence-corrected chi connectivity index (χ0v) is 13.3. The fraction of sp³-hybridized carbons (Fsp3) is 0.500. The first-order valence-corrected chi connectivity index (χ1v) is 8.06. The Labute approximate surface area is 128 Å². The molecule has 0 amide bonds. The molecule has 1 fully saturated rings. The Morgan fingerprint density at radius 1 is 1.36 bits per heavy atom. The van der Waals surface area contributed by atoms with Gasteiger partial charge in [-0.15, -0.1) is 0 Å². The van der Waals surface area contributed by atoms with E-state index in [1.54, 1.807) is 26.0 Å². The van der Waals surface area contributed by atoms with Gasteiger partial charge in [-0.2, -0.15) is 8.42 Å². The second-order valence-corrected chi connectivity index (χ2v) is 7.06. The van der Waals surface area contributed by atoms with Crippen molar-refractivity contribution < 1.29 is 32.0 Å². The number of benzene rings is 1. The number of hydrogen-bond donors (Lipinski definition) is 1. The Morgan fingerprint density at radius 3 is 2.41 bits per heavy atom. The molecule has 1 aliphatic rings. The van der Waals surface area contributed by atoms with Crippen molar-refractivity contribution in [1.82, 2.24) is 0 Å². The summed E-state index contributed by atoms with van der Waals surface area (Å²) < 4.78 is 39.9. The average molecular weight is 330 g/mol. The minimum atomic E-state index is -4.21. The van der Waals surface area contributed by atoms with Crippen molar-refractivity contribution in [3.63, 3.8) is 0 Å². The van der Waals surface area contributed by atoms with Crippen molar-refractivity contribution in [2.75, 3.05) is 6.61 Å². The molecule has 0 aliphatic carbocycles. The van der Waals surface area contributed by atoms with Crippen molar-refractivity contribution in [2.24, 2.45) is 0 Å². The van der Waals surface area contributed by atoms with Crippen LogP contribution in [0.15, 0.2) is 29.2 Å². The van der Waals surface area contributed by atoms with E-state index in [1.807, 2.05) is 6.92 Å². The van der Waals surface area contributed by atoms with E-state index in [4.69, 9.17) is 13.7 Å². The lowest BCUT2D eigenvalue weighted by molar-refractivity contribution is -0.165. The number of aliphatic carboxylic acids is 1. The lowest BCUT2D eigenvalue weighted by Crippen LogP contribution is -2.40. The number of ether oxygens (including phenoxy) is 2. The van der Waals surface area contributed by atoms with Crippen molar-refractivity contribution >= 4 is 16.1 Å². The van der Waals surface area contributed by atoms with Gasteiger partial charge in [0.1, 0.15) is 6.10 Å². The van der Waals surface area contributed by atoms with Gasteiger partial charge in [-0.3, -0.25) is 0 Å². The van der Waals surface area contributed by atoms with Crippen molar-refractivity contribution in [1.29, 1.82) is 0 Å². The molecule has 22 heavy (non-hydrogen) atoms. The highest BCUT2D eigenvalue weighted by Gasteiger charge is 2.43. The van der Waals surface area contributed by atoms with Gasteiger partial charge in [0.25, 0.3) is 10.1 Å². The topological polar surface area (TPSA) is 99.1 Å². The standard InChI is InChI=1S/C14H18O7S/c1-9-4-6-10(7-5-9)22(17,18)21-12(13(15)16)11-8-19-14(2,3)20-11/h4-7,11-12H,8H2,1-3H3,(H,15,16). The second kappa shape index (κ2) is 5.96. The molecule has 2 rings (SSSR count). The Balaban J connectivity index is 2.21. The van der Waals surface area contributed by atoms with Gasteiger partial charge in [-0.25, -0.2) is 8.98 Å². The number of carboxylic acid groups (broad SMARTS) is 1. The molecule has 1 saturated heterocycles. The summed E-state index contributed by atoms with van der Waals surface area (Å²) in [5.74, 6) is -2.41. The number of aryl methyl sites for hydroxylation is 1. The molecule has 2 atom stereocenters. The lowest BCUT2D eigenvalue weighted by atomic mass is 10.2. The highest BCUT2D eigenvalue weighted by atomic mass is 32.2. The minimum Gasteiger partial charge on any atom is -0.479 e. The van der Waals surface area contributed by atoms with E-state index in [0.717, 1.165) is 5.56 Å². The predicted octanol–water partition coefficient (Wildman–Crippen LogP) is 1.31. The molecule has 1 aliphatic heterocycles. The zero-order valence-electron chi connectivity index (χ0n) is 12.5. The molecule has 0 saturated carbocycles. The van der Waals surface area contributed by atoms with E-state index in [0.29, 0.717) is 0 Å². The molecule has 0 spiro atoms. The van der Waals surface area contributed by atoms with Crippen LogP contribution in [0.5, 0.6) is 0 Å². The summed E-state index contributed by atoms with van der Waals surface area (Å²) in [7, 11) is -4.21. The van der Waals surface area contributed by atoms with E-state index in [-0.39, 0.29) is 11.5 Å². The van der Waals surface area contributed by atoms with Gasteiger partial charge >= 0.3 is 5.97 Å². The summed E-state index contributed by atoms with van der Waals surface area (Å²) >= 11 is 0. The molecule has 1 aromatic carbocycles. The van der Waals surface area contributed by atoms with Gasteiger partial charge in [0.15, 0.2) is 5.79 Å². The summed E-state index contributed by atoms with van der Waals surface area (Å²) in [6.45, 7) is 4.97. The quantitative estimate of drug-likeness (QED) is 0.812. The minimum absolute atomic E-state index is 0.0621. The van der Waals surface area contributed by atoms with Gasteiger partial charge in [-0.1, -0.05) is 17.7 Å². The van der Waals surface area contributed by atoms with Gasteiger partial charge in [-0.05, 0) is 32.9 Å². The predicted molar refractivity (Wildman–Crippen MR) is 75.8 cm³/mol. The van der Waals surface area contributed by atoms with Crippen LogP contribution in [0.1, 0.15) is 19.4 Å². The first-order chi connectivity index (χ1) is 10.1. The average Bonchev–Trinajstić information content (AvgIpc) is 2.76. The zero-order chi connectivity index (χ0) is 16.5. The first-order valence-electron chi connectivity index (χ1n) is 6.65. The van der Waals surface area contributed by atoms with Gasteiger partial charge in [0.2, 0.25) is 6.10 Å². The normalized spacial score (nSPS) is 22.4. The number of carbonyl (C=O) groups is 1. The van der Waals surface area contributed by atoms with Crippen LogP contribution in [-0.4, -0.2) is 44.1 Å².